The molecule has 0 saturated carbocycles. The van der Waals surface area contributed by atoms with Crippen molar-refractivity contribution < 1.29 is 8.78 Å². The van der Waals surface area contributed by atoms with Gasteiger partial charge in [0.25, 0.3) is 0 Å². The number of nitrogens with zero attached hydrogens (tertiary/aromatic N) is 4. The molecule has 1 aromatic carbocycles. The number of aromatic nitrogens is 4. The van der Waals surface area contributed by atoms with Crippen LogP contribution in [0.5, 0.6) is 0 Å². The fraction of sp³-hybridized carbons (Fsp3) is 0.111. The summed E-state index contributed by atoms with van der Waals surface area (Å²) in [5.41, 5.74) is -0.0463. The predicted octanol–water partition coefficient (Wildman–Crippen LogP) is 1.52. The van der Waals surface area contributed by atoms with Crippen molar-refractivity contribution in [3.05, 3.63) is 35.7 Å². The van der Waals surface area contributed by atoms with Crippen molar-refractivity contribution in [1.29, 1.82) is 0 Å². The molecule has 0 aliphatic heterocycles. The fourth-order valence-electron chi connectivity index (χ4n) is 1.06. The summed E-state index contributed by atoms with van der Waals surface area (Å²) in [7, 11) is 0. The standard InChI is InChI=1S/C9H6F2N4/c1-5-12-14-9(15-13-5)6-3-2-4-7(10)8(6)11/h2-4H,1H3. The lowest BCUT2D eigenvalue weighted by Crippen LogP contribution is -2.00. The number of hydrogen-bond donors (Lipinski definition) is 0. The molecule has 0 amide bonds. The third kappa shape index (κ3) is 1.78. The van der Waals surface area contributed by atoms with Gasteiger partial charge in [-0.1, -0.05) is 6.07 Å². The Morgan fingerprint density at radius 1 is 1.00 bits per heavy atom. The first-order valence-electron chi connectivity index (χ1n) is 4.17. The first-order chi connectivity index (χ1) is 7.18. The summed E-state index contributed by atoms with van der Waals surface area (Å²) in [5, 5.41) is 14.5. The molecule has 6 heteroatoms. The Balaban J connectivity index is 2.54. The lowest BCUT2D eigenvalue weighted by molar-refractivity contribution is 0.510. The van der Waals surface area contributed by atoms with Gasteiger partial charge in [-0.3, -0.25) is 0 Å². The van der Waals surface area contributed by atoms with Gasteiger partial charge in [0, 0.05) is 0 Å². The van der Waals surface area contributed by atoms with Crippen molar-refractivity contribution in [2.75, 3.05) is 0 Å². The third-order valence-corrected chi connectivity index (χ3v) is 1.77. The summed E-state index contributed by atoms with van der Waals surface area (Å²) < 4.78 is 26.2. The Morgan fingerprint density at radius 2 is 1.67 bits per heavy atom. The van der Waals surface area contributed by atoms with Crippen molar-refractivity contribution in [3.63, 3.8) is 0 Å². The van der Waals surface area contributed by atoms with E-state index < -0.39 is 11.6 Å². The average molecular weight is 208 g/mol. The zero-order valence-electron chi connectivity index (χ0n) is 7.78. The molecule has 0 atom stereocenters. The fourth-order valence-corrected chi connectivity index (χ4v) is 1.06. The van der Waals surface area contributed by atoms with Crippen LogP contribution in [0, 0.1) is 18.6 Å². The van der Waals surface area contributed by atoms with E-state index in [0.717, 1.165) is 6.07 Å². The molecule has 2 rings (SSSR count). The molecule has 4 nitrogen and oxygen atoms in total. The molecular formula is C9H6F2N4. The highest BCUT2D eigenvalue weighted by Crippen LogP contribution is 2.19. The minimum absolute atomic E-state index is 0.0300. The van der Waals surface area contributed by atoms with Gasteiger partial charge in [0.15, 0.2) is 17.5 Å². The van der Waals surface area contributed by atoms with E-state index in [4.69, 9.17) is 0 Å². The summed E-state index contributed by atoms with van der Waals surface area (Å²) in [6.45, 7) is 1.60. The van der Waals surface area contributed by atoms with Gasteiger partial charge < -0.3 is 0 Å². The maximum atomic E-state index is 13.3. The molecule has 0 radical (unpaired) electrons. The molecule has 0 bridgehead atoms. The zero-order chi connectivity index (χ0) is 10.8. The highest BCUT2D eigenvalue weighted by molar-refractivity contribution is 5.54. The number of halogens is 2. The van der Waals surface area contributed by atoms with Gasteiger partial charge in [0.1, 0.15) is 0 Å². The first-order valence-corrected chi connectivity index (χ1v) is 4.17. The van der Waals surface area contributed by atoms with Crippen molar-refractivity contribution in [3.8, 4) is 11.4 Å². The van der Waals surface area contributed by atoms with Gasteiger partial charge in [-0.2, -0.15) is 0 Å². The van der Waals surface area contributed by atoms with E-state index >= 15 is 0 Å². The van der Waals surface area contributed by atoms with Gasteiger partial charge in [-0.15, -0.1) is 20.4 Å². The Kier molecular flexibility index (Phi) is 2.32. The lowest BCUT2D eigenvalue weighted by Gasteiger charge is -2.00. The van der Waals surface area contributed by atoms with Crippen LogP contribution in [0.3, 0.4) is 0 Å². The largest absolute Gasteiger partial charge is 0.206 e. The summed E-state index contributed by atoms with van der Waals surface area (Å²) in [4.78, 5) is 0. The van der Waals surface area contributed by atoms with Gasteiger partial charge in [-0.05, 0) is 19.1 Å². The zero-order valence-corrected chi connectivity index (χ0v) is 7.78. The number of rotatable bonds is 1. The number of benzene rings is 1. The minimum Gasteiger partial charge on any atom is -0.204 e. The quantitative estimate of drug-likeness (QED) is 0.712. The highest BCUT2D eigenvalue weighted by Gasteiger charge is 2.12. The molecule has 1 heterocycles. The second-order valence-electron chi connectivity index (χ2n) is 2.87. The SMILES string of the molecule is Cc1nnc(-c2cccc(F)c2F)nn1. The van der Waals surface area contributed by atoms with Gasteiger partial charge in [0.2, 0.25) is 5.82 Å². The molecule has 2 aromatic rings. The first kappa shape index (κ1) is 9.57. The average Bonchev–Trinajstić information content (AvgIpc) is 2.24. The molecule has 76 valence electrons. The monoisotopic (exact) mass is 208 g/mol. The Hall–Kier alpha value is -1.98. The number of aryl methyl sites for hydroxylation is 1. The smallest absolute Gasteiger partial charge is 0.204 e. The third-order valence-electron chi connectivity index (χ3n) is 1.77. The van der Waals surface area contributed by atoms with E-state index in [-0.39, 0.29) is 11.4 Å². The van der Waals surface area contributed by atoms with Gasteiger partial charge in [0.05, 0.1) is 5.56 Å². The van der Waals surface area contributed by atoms with Crippen molar-refractivity contribution >= 4 is 0 Å². The second-order valence-corrected chi connectivity index (χ2v) is 2.87. The van der Waals surface area contributed by atoms with Crippen LogP contribution in [0.2, 0.25) is 0 Å². The summed E-state index contributed by atoms with van der Waals surface area (Å²) >= 11 is 0. The van der Waals surface area contributed by atoms with E-state index in [1.807, 2.05) is 0 Å². The summed E-state index contributed by atoms with van der Waals surface area (Å²) in [6.07, 6.45) is 0. The minimum atomic E-state index is -0.995. The summed E-state index contributed by atoms with van der Waals surface area (Å²) in [6, 6.07) is 3.76. The molecule has 0 saturated heterocycles. The van der Waals surface area contributed by atoms with Crippen molar-refractivity contribution in [2.45, 2.75) is 6.92 Å². The Labute approximate surface area is 84.0 Å². The van der Waals surface area contributed by atoms with Crippen LogP contribution < -0.4 is 0 Å². The highest BCUT2D eigenvalue weighted by atomic mass is 19.2. The van der Waals surface area contributed by atoms with Crippen molar-refractivity contribution in [2.24, 2.45) is 0 Å². The van der Waals surface area contributed by atoms with E-state index in [1.165, 1.54) is 12.1 Å². The van der Waals surface area contributed by atoms with E-state index in [0.29, 0.717) is 5.82 Å². The molecule has 0 aliphatic carbocycles. The molecule has 15 heavy (non-hydrogen) atoms. The molecule has 0 spiro atoms. The van der Waals surface area contributed by atoms with Crippen LogP contribution in [0.25, 0.3) is 11.4 Å². The maximum Gasteiger partial charge on any atom is 0.206 e. The molecular weight excluding hydrogens is 202 g/mol. The Bertz CT molecular complexity index is 484. The van der Waals surface area contributed by atoms with Crippen LogP contribution in [0.15, 0.2) is 18.2 Å². The predicted molar refractivity (Wildman–Crippen MR) is 47.7 cm³/mol. The van der Waals surface area contributed by atoms with Gasteiger partial charge >= 0.3 is 0 Å². The molecule has 0 unspecified atom stereocenters. The van der Waals surface area contributed by atoms with Crippen LogP contribution in [0.1, 0.15) is 5.82 Å². The summed E-state index contributed by atoms with van der Waals surface area (Å²) in [5.74, 6) is -1.60. The van der Waals surface area contributed by atoms with Gasteiger partial charge in [-0.25, -0.2) is 8.78 Å². The van der Waals surface area contributed by atoms with Crippen LogP contribution in [-0.2, 0) is 0 Å². The van der Waals surface area contributed by atoms with E-state index in [9.17, 15) is 8.78 Å². The Morgan fingerprint density at radius 3 is 2.33 bits per heavy atom. The molecule has 0 N–H and O–H groups in total. The number of hydrogen-bond acceptors (Lipinski definition) is 4. The molecule has 0 aliphatic rings. The molecule has 0 fully saturated rings. The maximum absolute atomic E-state index is 13.3. The van der Waals surface area contributed by atoms with E-state index in [2.05, 4.69) is 20.4 Å². The molecule has 1 aromatic heterocycles. The topological polar surface area (TPSA) is 51.6 Å². The van der Waals surface area contributed by atoms with Crippen LogP contribution >= 0.6 is 0 Å². The van der Waals surface area contributed by atoms with Crippen LogP contribution in [0.4, 0.5) is 8.78 Å². The van der Waals surface area contributed by atoms with Crippen LogP contribution in [-0.4, -0.2) is 20.4 Å². The second kappa shape index (κ2) is 3.64. The van der Waals surface area contributed by atoms with Crippen molar-refractivity contribution in [1.82, 2.24) is 20.4 Å². The normalized spacial score (nSPS) is 10.3. The lowest BCUT2D eigenvalue weighted by atomic mass is 10.2. The van der Waals surface area contributed by atoms with E-state index in [1.54, 1.807) is 6.92 Å².